The minimum absolute atomic E-state index is 0.191. The zero-order valence-electron chi connectivity index (χ0n) is 8.69. The average molecular weight is 279 g/mol. The van der Waals surface area contributed by atoms with Crippen LogP contribution in [0.4, 0.5) is 8.78 Å². The third-order valence-corrected chi connectivity index (χ3v) is 2.75. The van der Waals surface area contributed by atoms with Crippen LogP contribution in [0.3, 0.4) is 0 Å². The number of hydrogen-bond donors (Lipinski definition) is 0. The maximum absolute atomic E-state index is 13.4. The average Bonchev–Trinajstić information content (AvgIpc) is 2.22. The minimum Gasteiger partial charge on any atom is -0.485 e. The Morgan fingerprint density at radius 1 is 1.33 bits per heavy atom. The topological polar surface area (TPSA) is 9.23 Å². The highest BCUT2D eigenvalue weighted by molar-refractivity contribution is 9.08. The van der Waals surface area contributed by atoms with Gasteiger partial charge in [-0.1, -0.05) is 22.9 Å². The lowest BCUT2D eigenvalue weighted by Crippen LogP contribution is -2.12. The van der Waals surface area contributed by atoms with Gasteiger partial charge in [0.05, 0.1) is 6.10 Å². The van der Waals surface area contributed by atoms with Crippen LogP contribution in [0.1, 0.15) is 25.8 Å². The summed E-state index contributed by atoms with van der Waals surface area (Å²) in [6, 6.07) is 2.55. The number of halogens is 3. The van der Waals surface area contributed by atoms with E-state index in [1.807, 2.05) is 6.92 Å². The molecule has 4 heteroatoms. The molecule has 0 aliphatic heterocycles. The van der Waals surface area contributed by atoms with Crippen molar-refractivity contribution in [2.24, 2.45) is 0 Å². The molecule has 0 saturated heterocycles. The number of rotatable bonds is 4. The zero-order valence-corrected chi connectivity index (χ0v) is 10.3. The highest BCUT2D eigenvalue weighted by Crippen LogP contribution is 2.25. The summed E-state index contributed by atoms with van der Waals surface area (Å²) < 4.78 is 32.0. The smallest absolute Gasteiger partial charge is 0.191 e. The Bertz CT molecular complexity index is 318. The van der Waals surface area contributed by atoms with E-state index in [0.29, 0.717) is 17.3 Å². The van der Waals surface area contributed by atoms with Crippen molar-refractivity contribution in [3.63, 3.8) is 0 Å². The zero-order chi connectivity index (χ0) is 11.4. The Kier molecular flexibility index (Phi) is 4.51. The second-order valence-electron chi connectivity index (χ2n) is 3.36. The number of alkyl halides is 1. The lowest BCUT2D eigenvalue weighted by atomic mass is 10.2. The monoisotopic (exact) mass is 278 g/mol. The molecule has 0 amide bonds. The number of benzene rings is 1. The second kappa shape index (κ2) is 5.45. The first-order valence-corrected chi connectivity index (χ1v) is 5.91. The van der Waals surface area contributed by atoms with Crippen LogP contribution >= 0.6 is 15.9 Å². The summed E-state index contributed by atoms with van der Waals surface area (Å²) in [5, 5.41) is 0.421. The quantitative estimate of drug-likeness (QED) is 0.756. The van der Waals surface area contributed by atoms with Crippen molar-refractivity contribution in [2.75, 3.05) is 0 Å². The largest absolute Gasteiger partial charge is 0.485 e. The lowest BCUT2D eigenvalue weighted by molar-refractivity contribution is 0.197. The third-order valence-electron chi connectivity index (χ3n) is 2.11. The van der Waals surface area contributed by atoms with E-state index < -0.39 is 11.6 Å². The molecule has 1 atom stereocenters. The van der Waals surface area contributed by atoms with Gasteiger partial charge in [-0.05, 0) is 31.0 Å². The molecule has 1 aromatic carbocycles. The fourth-order valence-electron chi connectivity index (χ4n) is 1.09. The first-order chi connectivity index (χ1) is 7.08. The molecule has 0 N–H and O–H groups in total. The summed E-state index contributed by atoms with van der Waals surface area (Å²) in [6.45, 7) is 3.67. The SMILES string of the molecule is CCC(C)Oc1c(F)cc(CBr)cc1F. The van der Waals surface area contributed by atoms with Gasteiger partial charge in [-0.3, -0.25) is 0 Å². The van der Waals surface area contributed by atoms with E-state index in [-0.39, 0.29) is 11.9 Å². The Hall–Kier alpha value is -0.640. The predicted molar refractivity (Wildman–Crippen MR) is 59.4 cm³/mol. The van der Waals surface area contributed by atoms with Gasteiger partial charge in [0.15, 0.2) is 17.4 Å². The molecule has 1 aromatic rings. The molecular weight excluding hydrogens is 266 g/mol. The van der Waals surface area contributed by atoms with Crippen molar-refractivity contribution in [2.45, 2.75) is 31.7 Å². The molecular formula is C11H13BrF2O. The Labute approximate surface area is 96.6 Å². The molecule has 15 heavy (non-hydrogen) atoms. The van der Waals surface area contributed by atoms with Gasteiger partial charge in [-0.25, -0.2) is 8.78 Å². The van der Waals surface area contributed by atoms with Gasteiger partial charge in [0.25, 0.3) is 0 Å². The standard InChI is InChI=1S/C11H13BrF2O/c1-3-7(2)15-11-9(13)4-8(6-12)5-10(11)14/h4-5,7H,3,6H2,1-2H3. The molecule has 1 unspecified atom stereocenters. The van der Waals surface area contributed by atoms with E-state index in [9.17, 15) is 8.78 Å². The summed E-state index contributed by atoms with van der Waals surface area (Å²) in [4.78, 5) is 0. The summed E-state index contributed by atoms with van der Waals surface area (Å²) in [5.74, 6) is -1.58. The Morgan fingerprint density at radius 3 is 2.27 bits per heavy atom. The lowest BCUT2D eigenvalue weighted by Gasteiger charge is -2.14. The van der Waals surface area contributed by atoms with Crippen molar-refractivity contribution < 1.29 is 13.5 Å². The van der Waals surface area contributed by atoms with Gasteiger partial charge in [-0.15, -0.1) is 0 Å². The Balaban J connectivity index is 2.98. The van der Waals surface area contributed by atoms with Crippen molar-refractivity contribution >= 4 is 15.9 Å². The molecule has 0 saturated carbocycles. The molecule has 0 spiro atoms. The van der Waals surface area contributed by atoms with E-state index in [0.717, 1.165) is 0 Å². The van der Waals surface area contributed by atoms with Crippen molar-refractivity contribution in [1.82, 2.24) is 0 Å². The Morgan fingerprint density at radius 2 is 1.87 bits per heavy atom. The van der Waals surface area contributed by atoms with E-state index in [1.165, 1.54) is 12.1 Å². The van der Waals surface area contributed by atoms with Gasteiger partial charge >= 0.3 is 0 Å². The number of ether oxygens (including phenoxy) is 1. The summed E-state index contributed by atoms with van der Waals surface area (Å²) in [6.07, 6.45) is 0.517. The van der Waals surface area contributed by atoms with Crippen LogP contribution in [0.2, 0.25) is 0 Å². The van der Waals surface area contributed by atoms with Crippen LogP contribution in [-0.4, -0.2) is 6.10 Å². The molecule has 0 fully saturated rings. The van der Waals surface area contributed by atoms with E-state index in [2.05, 4.69) is 15.9 Å². The summed E-state index contributed by atoms with van der Waals surface area (Å²) in [7, 11) is 0. The number of hydrogen-bond acceptors (Lipinski definition) is 1. The normalized spacial score (nSPS) is 12.6. The molecule has 1 nitrogen and oxygen atoms in total. The fourth-order valence-corrected chi connectivity index (χ4v) is 1.41. The van der Waals surface area contributed by atoms with Crippen molar-refractivity contribution in [3.8, 4) is 5.75 Å². The fraction of sp³-hybridized carbons (Fsp3) is 0.455. The van der Waals surface area contributed by atoms with Crippen LogP contribution in [-0.2, 0) is 5.33 Å². The molecule has 1 rings (SSSR count). The molecule has 0 aliphatic carbocycles. The highest BCUT2D eigenvalue weighted by Gasteiger charge is 2.14. The molecule has 0 radical (unpaired) electrons. The molecule has 0 aromatic heterocycles. The first-order valence-electron chi connectivity index (χ1n) is 4.79. The van der Waals surface area contributed by atoms with E-state index in [1.54, 1.807) is 6.92 Å². The first kappa shape index (κ1) is 12.4. The van der Waals surface area contributed by atoms with E-state index >= 15 is 0 Å². The van der Waals surface area contributed by atoms with Gasteiger partial charge in [0.1, 0.15) is 0 Å². The van der Waals surface area contributed by atoms with Crippen LogP contribution in [0, 0.1) is 11.6 Å². The van der Waals surface area contributed by atoms with Gasteiger partial charge in [-0.2, -0.15) is 0 Å². The van der Waals surface area contributed by atoms with Gasteiger partial charge in [0, 0.05) is 5.33 Å². The summed E-state index contributed by atoms with van der Waals surface area (Å²) in [5.41, 5.74) is 0.557. The second-order valence-corrected chi connectivity index (χ2v) is 3.92. The molecule has 0 bridgehead atoms. The maximum Gasteiger partial charge on any atom is 0.191 e. The van der Waals surface area contributed by atoms with Gasteiger partial charge < -0.3 is 4.74 Å². The van der Waals surface area contributed by atoms with Crippen LogP contribution in [0.5, 0.6) is 5.75 Å². The van der Waals surface area contributed by atoms with E-state index in [4.69, 9.17) is 4.74 Å². The minimum atomic E-state index is -0.648. The third kappa shape index (κ3) is 3.16. The highest BCUT2D eigenvalue weighted by atomic mass is 79.9. The van der Waals surface area contributed by atoms with Crippen LogP contribution in [0.15, 0.2) is 12.1 Å². The van der Waals surface area contributed by atoms with Crippen molar-refractivity contribution in [3.05, 3.63) is 29.3 Å². The predicted octanol–water partition coefficient (Wildman–Crippen LogP) is 4.04. The molecule has 0 heterocycles. The summed E-state index contributed by atoms with van der Waals surface area (Å²) >= 11 is 3.14. The van der Waals surface area contributed by atoms with Crippen LogP contribution < -0.4 is 4.74 Å². The molecule has 84 valence electrons. The molecule has 0 aliphatic rings. The maximum atomic E-state index is 13.4. The van der Waals surface area contributed by atoms with Crippen molar-refractivity contribution in [1.29, 1.82) is 0 Å². The van der Waals surface area contributed by atoms with Gasteiger partial charge in [0.2, 0.25) is 0 Å². The van der Waals surface area contributed by atoms with Crippen LogP contribution in [0.25, 0.3) is 0 Å².